The van der Waals surface area contributed by atoms with Crippen LogP contribution in [0.5, 0.6) is 5.75 Å². The number of Topliss-reactive ketones (excluding diaryl/α,β-unsaturated/α-hetero) is 1. The van der Waals surface area contributed by atoms with Gasteiger partial charge in [-0.25, -0.2) is 0 Å². The summed E-state index contributed by atoms with van der Waals surface area (Å²) < 4.78 is 6.26. The molecule has 0 bridgehead atoms. The van der Waals surface area contributed by atoms with Crippen molar-refractivity contribution in [2.24, 2.45) is 5.73 Å². The summed E-state index contributed by atoms with van der Waals surface area (Å²) in [5, 5.41) is 23.3. The van der Waals surface area contributed by atoms with Crippen LogP contribution in [-0.2, 0) is 12.0 Å². The van der Waals surface area contributed by atoms with Crippen LogP contribution in [0.2, 0.25) is 0 Å². The number of ketones is 1. The normalized spacial score (nSPS) is 19.6. The molecule has 0 aliphatic carbocycles. The molecule has 2 aromatic carbocycles. The number of rotatable bonds is 4. The van der Waals surface area contributed by atoms with E-state index in [0.717, 1.165) is 48.3 Å². The number of fused-ring (bicyclic) bond motifs is 3. The van der Waals surface area contributed by atoms with Crippen molar-refractivity contribution in [3.05, 3.63) is 59.3 Å². The first-order valence-corrected chi connectivity index (χ1v) is 10.3. The van der Waals surface area contributed by atoms with Gasteiger partial charge in [0.15, 0.2) is 6.10 Å². The second-order valence-corrected chi connectivity index (χ2v) is 8.18. The molecule has 30 heavy (non-hydrogen) atoms. The van der Waals surface area contributed by atoms with E-state index in [-0.39, 0.29) is 5.78 Å². The molecule has 0 amide bonds. The minimum absolute atomic E-state index is 0.0936. The molecule has 1 fully saturated rings. The maximum absolute atomic E-state index is 13.7. The van der Waals surface area contributed by atoms with Crippen molar-refractivity contribution in [2.75, 3.05) is 13.1 Å². The Labute approximate surface area is 174 Å². The van der Waals surface area contributed by atoms with Gasteiger partial charge >= 0.3 is 7.12 Å². The van der Waals surface area contributed by atoms with Gasteiger partial charge in [0, 0.05) is 40.3 Å². The average molecular weight is 405 g/mol. The summed E-state index contributed by atoms with van der Waals surface area (Å²) in [6.07, 6.45) is 2.53. The van der Waals surface area contributed by atoms with Crippen LogP contribution in [-0.4, -0.2) is 47.1 Å². The van der Waals surface area contributed by atoms with Gasteiger partial charge in [0.2, 0.25) is 5.78 Å². The molecule has 1 unspecified atom stereocenters. The Morgan fingerprint density at radius 2 is 2.00 bits per heavy atom. The van der Waals surface area contributed by atoms with Crippen LogP contribution in [0.15, 0.2) is 42.6 Å². The smallest absolute Gasteiger partial charge is 0.481 e. The van der Waals surface area contributed by atoms with E-state index in [1.165, 1.54) is 0 Å². The van der Waals surface area contributed by atoms with Gasteiger partial charge < -0.3 is 30.8 Å². The van der Waals surface area contributed by atoms with Crippen molar-refractivity contribution < 1.29 is 19.6 Å². The van der Waals surface area contributed by atoms with Gasteiger partial charge in [-0.1, -0.05) is 12.1 Å². The number of aromatic nitrogens is 1. The molecule has 7 nitrogen and oxygen atoms in total. The van der Waals surface area contributed by atoms with Crippen LogP contribution in [0, 0.1) is 0 Å². The maximum atomic E-state index is 13.7. The fourth-order valence-corrected chi connectivity index (χ4v) is 4.95. The van der Waals surface area contributed by atoms with Crippen LogP contribution in [0.25, 0.3) is 10.9 Å². The average Bonchev–Trinajstić information content (AvgIpc) is 3.33. The fraction of sp³-hybridized carbons (Fsp3) is 0.318. The number of hydrogen-bond donors (Lipinski definition) is 5. The molecule has 6 N–H and O–H groups in total. The minimum atomic E-state index is -1.61. The molecule has 2 aliphatic heterocycles. The zero-order valence-corrected chi connectivity index (χ0v) is 16.5. The van der Waals surface area contributed by atoms with Crippen molar-refractivity contribution >= 4 is 29.3 Å². The highest BCUT2D eigenvalue weighted by Crippen LogP contribution is 2.49. The molecule has 0 radical (unpaired) electrons. The molecular formula is C22H24BN3O4. The number of piperidine rings is 1. The topological polar surface area (TPSA) is 121 Å². The number of nitrogens with two attached hydrogens (primary N) is 1. The molecule has 3 aromatic rings. The SMILES string of the molecule is NCc1ccc2c(c1)C1(CCNCC1)C(C(=O)c1ccc3[nH]cc(B(O)O)c3c1)O2. The molecule has 2 aliphatic rings. The van der Waals surface area contributed by atoms with Gasteiger partial charge in [-0.2, -0.15) is 0 Å². The van der Waals surface area contributed by atoms with Gasteiger partial charge in [-0.3, -0.25) is 4.79 Å². The highest BCUT2D eigenvalue weighted by atomic mass is 16.5. The first kappa shape index (κ1) is 19.3. The zero-order chi connectivity index (χ0) is 20.9. The Morgan fingerprint density at radius 3 is 2.73 bits per heavy atom. The summed E-state index contributed by atoms with van der Waals surface area (Å²) >= 11 is 0. The number of nitrogens with one attached hydrogen (secondary N) is 2. The highest BCUT2D eigenvalue weighted by Gasteiger charge is 2.52. The predicted molar refractivity (Wildman–Crippen MR) is 115 cm³/mol. The monoisotopic (exact) mass is 405 g/mol. The van der Waals surface area contributed by atoms with E-state index in [9.17, 15) is 14.8 Å². The second-order valence-electron chi connectivity index (χ2n) is 8.18. The zero-order valence-electron chi connectivity index (χ0n) is 16.5. The molecule has 1 aromatic heterocycles. The Kier molecular flexibility index (Phi) is 4.67. The van der Waals surface area contributed by atoms with Gasteiger partial charge in [0.05, 0.1) is 0 Å². The first-order chi connectivity index (χ1) is 14.5. The molecule has 1 saturated heterocycles. The van der Waals surface area contributed by atoms with Gasteiger partial charge in [0.25, 0.3) is 0 Å². The van der Waals surface area contributed by atoms with Crippen LogP contribution in [0.4, 0.5) is 0 Å². The largest absolute Gasteiger partial charge is 0.490 e. The lowest BCUT2D eigenvalue weighted by atomic mass is 9.68. The Balaban J connectivity index is 1.58. The maximum Gasteiger partial charge on any atom is 0.490 e. The van der Waals surface area contributed by atoms with Crippen LogP contribution >= 0.6 is 0 Å². The number of benzene rings is 2. The van der Waals surface area contributed by atoms with Crippen molar-refractivity contribution in [3.63, 3.8) is 0 Å². The molecule has 154 valence electrons. The molecule has 3 heterocycles. The summed E-state index contributed by atoms with van der Waals surface area (Å²) in [7, 11) is -1.61. The highest BCUT2D eigenvalue weighted by molar-refractivity contribution is 6.62. The third kappa shape index (κ3) is 2.87. The molecule has 5 rings (SSSR count). The van der Waals surface area contributed by atoms with E-state index in [0.29, 0.717) is 23.0 Å². The van der Waals surface area contributed by atoms with Gasteiger partial charge in [0.1, 0.15) is 5.75 Å². The number of aromatic amines is 1. The summed E-state index contributed by atoms with van der Waals surface area (Å²) in [5.41, 5.74) is 9.16. The van der Waals surface area contributed by atoms with Crippen LogP contribution < -0.4 is 21.3 Å². The third-order valence-corrected chi connectivity index (χ3v) is 6.57. The van der Waals surface area contributed by atoms with E-state index >= 15 is 0 Å². The van der Waals surface area contributed by atoms with Crippen molar-refractivity contribution in [1.29, 1.82) is 0 Å². The summed E-state index contributed by atoms with van der Waals surface area (Å²) in [5.74, 6) is 0.658. The lowest BCUT2D eigenvalue weighted by Gasteiger charge is -2.37. The fourth-order valence-electron chi connectivity index (χ4n) is 4.95. The lowest BCUT2D eigenvalue weighted by Crippen LogP contribution is -2.50. The second kappa shape index (κ2) is 7.25. The quantitative estimate of drug-likeness (QED) is 0.320. The Morgan fingerprint density at radius 1 is 1.20 bits per heavy atom. The number of H-pyrrole nitrogens is 1. The summed E-state index contributed by atoms with van der Waals surface area (Å²) in [6, 6.07) is 11.2. The van der Waals surface area contributed by atoms with Crippen LogP contribution in [0.1, 0.15) is 34.3 Å². The first-order valence-electron chi connectivity index (χ1n) is 10.3. The number of hydrogen-bond acceptors (Lipinski definition) is 6. The predicted octanol–water partition coefficient (Wildman–Crippen LogP) is 0.571. The standard InChI is InChI=1S/C22H24BN3O4/c24-11-13-1-4-19-16(9-13)22(5-7-25-8-6-22)21(30-19)20(27)14-2-3-18-15(10-14)17(12-26-18)23(28)29/h1-4,9-10,12,21,25-26,28-29H,5-8,11,24H2. The van der Waals surface area contributed by atoms with Crippen molar-refractivity contribution in [2.45, 2.75) is 30.9 Å². The van der Waals surface area contributed by atoms with Crippen molar-refractivity contribution in [1.82, 2.24) is 10.3 Å². The van der Waals surface area contributed by atoms with E-state index in [1.54, 1.807) is 24.4 Å². The van der Waals surface area contributed by atoms with Crippen molar-refractivity contribution in [3.8, 4) is 5.75 Å². The van der Waals surface area contributed by atoms with E-state index in [4.69, 9.17) is 10.5 Å². The molecule has 0 saturated carbocycles. The third-order valence-electron chi connectivity index (χ3n) is 6.57. The van der Waals surface area contributed by atoms with Gasteiger partial charge in [-0.05, 0) is 61.1 Å². The van der Waals surface area contributed by atoms with Gasteiger partial charge in [-0.15, -0.1) is 0 Å². The van der Waals surface area contributed by atoms with Crippen LogP contribution in [0.3, 0.4) is 0 Å². The van der Waals surface area contributed by atoms with E-state index in [1.807, 2.05) is 12.1 Å². The lowest BCUT2D eigenvalue weighted by molar-refractivity contribution is 0.0648. The number of carbonyl (C=O) groups is 1. The molecule has 1 atom stereocenters. The minimum Gasteiger partial charge on any atom is -0.481 e. The Hall–Kier alpha value is -2.65. The molecule has 8 heteroatoms. The van der Waals surface area contributed by atoms with E-state index in [2.05, 4.69) is 16.4 Å². The summed E-state index contributed by atoms with van der Waals surface area (Å²) in [4.78, 5) is 16.7. The number of ether oxygens (including phenoxy) is 1. The number of carbonyl (C=O) groups excluding carboxylic acids is 1. The molecule has 1 spiro atoms. The van der Waals surface area contributed by atoms with E-state index < -0.39 is 18.6 Å². The molecular weight excluding hydrogens is 381 g/mol. The Bertz CT molecular complexity index is 1120. The summed E-state index contributed by atoms with van der Waals surface area (Å²) in [6.45, 7) is 2.07.